The molecule has 1 heterocycles. The first-order valence-corrected chi connectivity index (χ1v) is 8.36. The minimum atomic E-state index is -0.488. The molecule has 0 aliphatic heterocycles. The van der Waals surface area contributed by atoms with Gasteiger partial charge in [0.05, 0.1) is 5.56 Å². The first-order chi connectivity index (χ1) is 12.9. The van der Waals surface area contributed by atoms with Crippen LogP contribution in [0.1, 0.15) is 28.7 Å². The molecule has 0 saturated carbocycles. The Hall–Kier alpha value is -3.48. The molecule has 0 spiro atoms. The Kier molecular flexibility index (Phi) is 5.30. The topological polar surface area (TPSA) is 85.5 Å². The summed E-state index contributed by atoms with van der Waals surface area (Å²) in [6, 6.07) is 14.3. The molecule has 0 unspecified atom stereocenters. The van der Waals surface area contributed by atoms with Gasteiger partial charge in [-0.3, -0.25) is 9.59 Å². The van der Waals surface area contributed by atoms with Gasteiger partial charge in [0.2, 0.25) is 11.7 Å². The molecule has 27 heavy (non-hydrogen) atoms. The van der Waals surface area contributed by atoms with Crippen LogP contribution in [0.2, 0.25) is 0 Å². The first kappa shape index (κ1) is 18.3. The summed E-state index contributed by atoms with van der Waals surface area (Å²) >= 11 is 0. The summed E-state index contributed by atoms with van der Waals surface area (Å²) in [4.78, 5) is 29.7. The third kappa shape index (κ3) is 4.38. The van der Waals surface area contributed by atoms with Crippen LogP contribution in [-0.4, -0.2) is 34.0 Å². The zero-order valence-electron chi connectivity index (χ0n) is 15.3. The summed E-state index contributed by atoms with van der Waals surface area (Å²) in [5.41, 5.74) is 2.26. The Labute approximate surface area is 156 Å². The van der Waals surface area contributed by atoms with Crippen LogP contribution in [0.5, 0.6) is 5.75 Å². The second-order valence-electron chi connectivity index (χ2n) is 6.13. The van der Waals surface area contributed by atoms with Crippen LogP contribution in [0.4, 0.5) is 0 Å². The number of aromatic nitrogens is 2. The molecule has 2 aromatic carbocycles. The van der Waals surface area contributed by atoms with Crippen molar-refractivity contribution in [2.75, 3.05) is 7.05 Å². The van der Waals surface area contributed by atoms with Crippen molar-refractivity contribution in [1.82, 2.24) is 15.0 Å². The van der Waals surface area contributed by atoms with Crippen LogP contribution in [0.3, 0.4) is 0 Å². The number of rotatable bonds is 5. The Bertz CT molecular complexity index is 963. The molecule has 0 bridgehead atoms. The van der Waals surface area contributed by atoms with Gasteiger partial charge in [-0.1, -0.05) is 47.1 Å². The van der Waals surface area contributed by atoms with Crippen LogP contribution < -0.4 is 4.74 Å². The van der Waals surface area contributed by atoms with E-state index in [-0.39, 0.29) is 23.8 Å². The van der Waals surface area contributed by atoms with E-state index in [4.69, 9.17) is 9.26 Å². The van der Waals surface area contributed by atoms with Crippen molar-refractivity contribution < 1.29 is 18.8 Å². The van der Waals surface area contributed by atoms with E-state index in [1.54, 1.807) is 31.3 Å². The summed E-state index contributed by atoms with van der Waals surface area (Å²) in [5, 5.41) is 3.96. The standard InChI is InChI=1S/C20H19N3O4/c1-13-8-10-15(11-9-13)19-21-18(27-22-19)12-23(3)20(25)16-6-4-5-7-17(16)26-14(2)24/h4-11H,12H2,1-3H3. The van der Waals surface area contributed by atoms with Gasteiger partial charge >= 0.3 is 5.97 Å². The third-order valence-electron chi connectivity index (χ3n) is 3.87. The largest absolute Gasteiger partial charge is 0.426 e. The van der Waals surface area contributed by atoms with E-state index >= 15 is 0 Å². The maximum atomic E-state index is 12.7. The Morgan fingerprint density at radius 2 is 1.81 bits per heavy atom. The predicted octanol–water partition coefficient (Wildman–Crippen LogP) is 3.24. The van der Waals surface area contributed by atoms with Crippen molar-refractivity contribution in [1.29, 1.82) is 0 Å². The smallest absolute Gasteiger partial charge is 0.308 e. The van der Waals surface area contributed by atoms with Gasteiger partial charge in [0.25, 0.3) is 5.91 Å². The Balaban J connectivity index is 1.74. The van der Waals surface area contributed by atoms with Crippen LogP contribution in [0.25, 0.3) is 11.4 Å². The summed E-state index contributed by atoms with van der Waals surface area (Å²) in [7, 11) is 1.61. The molecule has 1 amide bonds. The number of carbonyl (C=O) groups is 2. The summed E-state index contributed by atoms with van der Waals surface area (Å²) in [6.07, 6.45) is 0. The highest BCUT2D eigenvalue weighted by molar-refractivity contribution is 5.97. The van der Waals surface area contributed by atoms with Crippen LogP contribution in [0.15, 0.2) is 53.1 Å². The molecule has 0 radical (unpaired) electrons. The Morgan fingerprint density at radius 3 is 2.52 bits per heavy atom. The highest BCUT2D eigenvalue weighted by Gasteiger charge is 2.20. The van der Waals surface area contributed by atoms with E-state index in [1.807, 2.05) is 31.2 Å². The fourth-order valence-corrected chi connectivity index (χ4v) is 2.51. The van der Waals surface area contributed by atoms with Gasteiger partial charge in [0.15, 0.2) is 0 Å². The monoisotopic (exact) mass is 365 g/mol. The lowest BCUT2D eigenvalue weighted by molar-refractivity contribution is -0.131. The van der Waals surface area contributed by atoms with Crippen LogP contribution in [0, 0.1) is 6.92 Å². The summed E-state index contributed by atoms with van der Waals surface area (Å²) in [6.45, 7) is 3.42. The molecule has 3 aromatic rings. The van der Waals surface area contributed by atoms with Gasteiger partial charge < -0.3 is 14.2 Å². The molecule has 0 atom stereocenters. The van der Waals surface area contributed by atoms with Gasteiger partial charge in [-0.05, 0) is 19.1 Å². The molecule has 138 valence electrons. The number of hydrogen-bond acceptors (Lipinski definition) is 6. The van der Waals surface area contributed by atoms with Gasteiger partial charge in [-0.15, -0.1) is 0 Å². The zero-order chi connectivity index (χ0) is 19.4. The Morgan fingerprint density at radius 1 is 1.11 bits per heavy atom. The SMILES string of the molecule is CC(=O)Oc1ccccc1C(=O)N(C)Cc1nc(-c2ccc(C)cc2)no1. The van der Waals surface area contributed by atoms with E-state index in [0.717, 1.165) is 11.1 Å². The van der Waals surface area contributed by atoms with Gasteiger partial charge in [-0.25, -0.2) is 0 Å². The van der Waals surface area contributed by atoms with Gasteiger partial charge in [0.1, 0.15) is 12.3 Å². The number of ether oxygens (including phenoxy) is 1. The number of amides is 1. The second kappa shape index (κ2) is 7.82. The lowest BCUT2D eigenvalue weighted by atomic mass is 10.1. The van der Waals surface area contributed by atoms with Crippen molar-refractivity contribution in [2.24, 2.45) is 0 Å². The molecule has 7 heteroatoms. The number of carbonyl (C=O) groups excluding carboxylic acids is 2. The van der Waals surface area contributed by atoms with Crippen LogP contribution in [-0.2, 0) is 11.3 Å². The van der Waals surface area contributed by atoms with E-state index in [1.165, 1.54) is 11.8 Å². The molecule has 0 aliphatic rings. The van der Waals surface area contributed by atoms with E-state index in [9.17, 15) is 9.59 Å². The van der Waals surface area contributed by atoms with Gasteiger partial charge in [-0.2, -0.15) is 4.98 Å². The molecular formula is C20H19N3O4. The summed E-state index contributed by atoms with van der Waals surface area (Å²) < 4.78 is 10.4. The van der Waals surface area contributed by atoms with E-state index in [2.05, 4.69) is 10.1 Å². The number of nitrogens with zero attached hydrogens (tertiary/aromatic N) is 3. The molecule has 0 N–H and O–H groups in total. The highest BCUT2D eigenvalue weighted by Crippen LogP contribution is 2.21. The lowest BCUT2D eigenvalue weighted by Crippen LogP contribution is -2.27. The average Bonchev–Trinajstić information content (AvgIpc) is 3.10. The number of aryl methyl sites for hydroxylation is 1. The van der Waals surface area contributed by atoms with Crippen molar-refractivity contribution in [3.05, 3.63) is 65.5 Å². The first-order valence-electron chi connectivity index (χ1n) is 8.36. The molecule has 0 saturated heterocycles. The minimum Gasteiger partial charge on any atom is -0.426 e. The lowest BCUT2D eigenvalue weighted by Gasteiger charge is -2.16. The quantitative estimate of drug-likeness (QED) is 0.510. The van der Waals surface area contributed by atoms with Crippen molar-refractivity contribution >= 4 is 11.9 Å². The van der Waals surface area contributed by atoms with Crippen molar-refractivity contribution in [2.45, 2.75) is 20.4 Å². The third-order valence-corrected chi connectivity index (χ3v) is 3.87. The van der Waals surface area contributed by atoms with E-state index < -0.39 is 5.97 Å². The van der Waals surface area contributed by atoms with Crippen molar-refractivity contribution in [3.8, 4) is 17.1 Å². The molecule has 0 aliphatic carbocycles. The van der Waals surface area contributed by atoms with Gasteiger partial charge in [0, 0.05) is 19.5 Å². The molecule has 7 nitrogen and oxygen atoms in total. The fraction of sp³-hybridized carbons (Fsp3) is 0.200. The normalized spacial score (nSPS) is 10.5. The van der Waals surface area contributed by atoms with E-state index in [0.29, 0.717) is 11.7 Å². The highest BCUT2D eigenvalue weighted by atomic mass is 16.5. The van der Waals surface area contributed by atoms with Crippen LogP contribution >= 0.6 is 0 Å². The predicted molar refractivity (Wildman–Crippen MR) is 98.0 cm³/mol. The number of para-hydroxylation sites is 1. The average molecular weight is 365 g/mol. The minimum absolute atomic E-state index is 0.131. The molecular weight excluding hydrogens is 346 g/mol. The maximum absolute atomic E-state index is 12.7. The fourth-order valence-electron chi connectivity index (χ4n) is 2.51. The second-order valence-corrected chi connectivity index (χ2v) is 6.13. The van der Waals surface area contributed by atoms with Crippen molar-refractivity contribution in [3.63, 3.8) is 0 Å². The number of hydrogen-bond donors (Lipinski definition) is 0. The zero-order valence-corrected chi connectivity index (χ0v) is 15.3. The number of esters is 1. The maximum Gasteiger partial charge on any atom is 0.308 e. The molecule has 1 aromatic heterocycles. The summed E-state index contributed by atoms with van der Waals surface area (Å²) in [5.74, 6) is 0.185. The molecule has 0 fully saturated rings. The number of benzene rings is 2. The molecule has 3 rings (SSSR count).